The van der Waals surface area contributed by atoms with Crippen LogP contribution in [-0.2, 0) is 12.8 Å². The number of benzene rings is 1. The van der Waals surface area contributed by atoms with E-state index in [2.05, 4.69) is 26.6 Å². The van der Waals surface area contributed by atoms with Gasteiger partial charge in [-0.1, -0.05) is 15.9 Å². The molecule has 1 amide bonds. The van der Waals surface area contributed by atoms with Crippen molar-refractivity contribution in [1.82, 2.24) is 5.32 Å². The Morgan fingerprint density at radius 2 is 2.05 bits per heavy atom. The molecule has 0 fully saturated rings. The van der Waals surface area contributed by atoms with Gasteiger partial charge in [-0.05, 0) is 49.4 Å². The summed E-state index contributed by atoms with van der Waals surface area (Å²) in [5, 5.41) is 17.3. The Bertz CT molecular complexity index is 772. The fourth-order valence-electron chi connectivity index (χ4n) is 3.19. The van der Waals surface area contributed by atoms with E-state index < -0.39 is 6.17 Å². The molecule has 1 aromatic carbocycles. The van der Waals surface area contributed by atoms with Crippen molar-refractivity contribution in [2.24, 2.45) is 0 Å². The van der Waals surface area contributed by atoms with Crippen LogP contribution in [0.25, 0.3) is 0 Å². The minimum atomic E-state index is -0.405. The average Bonchev–Trinajstić information content (AvgIpc) is 2.88. The van der Waals surface area contributed by atoms with Gasteiger partial charge in [0.1, 0.15) is 16.9 Å². The number of phenolic OH excluding ortho intramolecular Hbond substituents is 1. The van der Waals surface area contributed by atoms with Crippen LogP contribution in [-0.4, -0.2) is 11.0 Å². The minimum absolute atomic E-state index is 0.0440. The standard InChI is InChI=1S/C16H15BrN2O2S/c17-8-5-6-11(20)10(7-8)14-18-15(21)13-9-3-1-2-4-12(9)22-16(13)19-14/h5-7,14,19-20H,1-4H2,(H,18,21)/t14-/m1/s1. The van der Waals surface area contributed by atoms with E-state index in [1.54, 1.807) is 23.5 Å². The molecule has 2 aromatic rings. The molecule has 1 atom stereocenters. The molecule has 2 aliphatic rings. The fraction of sp³-hybridized carbons (Fsp3) is 0.312. The number of carbonyl (C=O) groups excluding carboxylic acids is 1. The zero-order chi connectivity index (χ0) is 15.3. The maximum absolute atomic E-state index is 12.6. The SMILES string of the molecule is O=C1N[C@@H](c2cc(Br)ccc2O)Nc2sc3c(c21)CCCC3. The summed E-state index contributed by atoms with van der Waals surface area (Å²) in [4.78, 5) is 13.9. The summed E-state index contributed by atoms with van der Waals surface area (Å²) in [5.41, 5.74) is 2.69. The van der Waals surface area contributed by atoms with Crippen molar-refractivity contribution in [3.05, 3.63) is 44.2 Å². The minimum Gasteiger partial charge on any atom is -0.508 e. The molecule has 1 aromatic heterocycles. The van der Waals surface area contributed by atoms with Gasteiger partial charge in [0, 0.05) is 14.9 Å². The molecule has 0 saturated carbocycles. The zero-order valence-electron chi connectivity index (χ0n) is 11.8. The first-order valence-electron chi connectivity index (χ1n) is 7.34. The van der Waals surface area contributed by atoms with Crippen LogP contribution < -0.4 is 10.6 Å². The van der Waals surface area contributed by atoms with Gasteiger partial charge in [0.15, 0.2) is 0 Å². The Morgan fingerprint density at radius 3 is 2.91 bits per heavy atom. The van der Waals surface area contributed by atoms with Crippen molar-refractivity contribution in [1.29, 1.82) is 0 Å². The largest absolute Gasteiger partial charge is 0.508 e. The molecule has 6 heteroatoms. The number of amides is 1. The number of aryl methyl sites for hydroxylation is 1. The molecule has 4 nitrogen and oxygen atoms in total. The van der Waals surface area contributed by atoms with Crippen LogP contribution in [0.3, 0.4) is 0 Å². The van der Waals surface area contributed by atoms with Gasteiger partial charge in [-0.25, -0.2) is 0 Å². The molecule has 0 bridgehead atoms. The van der Waals surface area contributed by atoms with Gasteiger partial charge in [0.25, 0.3) is 5.91 Å². The summed E-state index contributed by atoms with van der Waals surface area (Å²) >= 11 is 5.09. The molecule has 0 spiro atoms. The molecule has 2 heterocycles. The lowest BCUT2D eigenvalue weighted by molar-refractivity contribution is 0.0935. The number of hydrogen-bond donors (Lipinski definition) is 3. The highest BCUT2D eigenvalue weighted by Gasteiger charge is 2.32. The van der Waals surface area contributed by atoms with Crippen LogP contribution in [0.4, 0.5) is 5.00 Å². The number of phenols is 1. The van der Waals surface area contributed by atoms with Crippen molar-refractivity contribution in [2.45, 2.75) is 31.8 Å². The Hall–Kier alpha value is -1.53. The van der Waals surface area contributed by atoms with E-state index in [1.807, 2.05) is 6.07 Å². The summed E-state index contributed by atoms with van der Waals surface area (Å²) in [6.07, 6.45) is 4.00. The maximum Gasteiger partial charge on any atom is 0.256 e. The Kier molecular flexibility index (Phi) is 3.38. The van der Waals surface area contributed by atoms with Gasteiger partial charge in [0.05, 0.1) is 5.56 Å². The lowest BCUT2D eigenvalue weighted by atomic mass is 9.94. The van der Waals surface area contributed by atoms with Gasteiger partial charge in [0.2, 0.25) is 0 Å². The van der Waals surface area contributed by atoms with Gasteiger partial charge in [-0.15, -0.1) is 11.3 Å². The third kappa shape index (κ3) is 2.21. The number of hydrogen-bond acceptors (Lipinski definition) is 4. The molecule has 1 aliphatic carbocycles. The normalized spacial score (nSPS) is 19.9. The summed E-state index contributed by atoms with van der Waals surface area (Å²) in [6.45, 7) is 0. The fourth-order valence-corrected chi connectivity index (χ4v) is 4.88. The summed E-state index contributed by atoms with van der Waals surface area (Å²) in [7, 11) is 0. The quantitative estimate of drug-likeness (QED) is 0.703. The Labute approximate surface area is 140 Å². The average molecular weight is 379 g/mol. The molecule has 22 heavy (non-hydrogen) atoms. The van der Waals surface area contributed by atoms with Crippen LogP contribution in [0.5, 0.6) is 5.75 Å². The molecule has 0 saturated heterocycles. The number of carbonyl (C=O) groups is 1. The van der Waals surface area contributed by atoms with Gasteiger partial charge in [-0.2, -0.15) is 0 Å². The number of aromatic hydroxyl groups is 1. The highest BCUT2D eigenvalue weighted by Crippen LogP contribution is 2.42. The Balaban J connectivity index is 1.74. The first-order valence-corrected chi connectivity index (χ1v) is 8.95. The summed E-state index contributed by atoms with van der Waals surface area (Å²) in [5.74, 6) is 0.128. The maximum atomic E-state index is 12.6. The number of anilines is 1. The topological polar surface area (TPSA) is 61.4 Å². The second kappa shape index (κ2) is 5.28. The second-order valence-corrected chi connectivity index (χ2v) is 7.69. The molecule has 4 rings (SSSR count). The van der Waals surface area contributed by atoms with Crippen LogP contribution in [0, 0.1) is 0 Å². The van der Waals surface area contributed by atoms with Crippen molar-refractivity contribution >= 4 is 38.2 Å². The van der Waals surface area contributed by atoms with Crippen LogP contribution in [0.2, 0.25) is 0 Å². The number of halogens is 1. The number of rotatable bonds is 1. The highest BCUT2D eigenvalue weighted by molar-refractivity contribution is 9.10. The van der Waals surface area contributed by atoms with Crippen molar-refractivity contribution in [3.63, 3.8) is 0 Å². The van der Waals surface area contributed by atoms with Gasteiger partial charge < -0.3 is 15.7 Å². The zero-order valence-corrected chi connectivity index (χ0v) is 14.2. The van der Waals surface area contributed by atoms with Crippen LogP contribution in [0.15, 0.2) is 22.7 Å². The highest BCUT2D eigenvalue weighted by atomic mass is 79.9. The molecule has 114 valence electrons. The van der Waals surface area contributed by atoms with E-state index in [4.69, 9.17) is 0 Å². The van der Waals surface area contributed by atoms with E-state index in [1.165, 1.54) is 16.9 Å². The van der Waals surface area contributed by atoms with E-state index in [0.717, 1.165) is 34.3 Å². The molecule has 0 radical (unpaired) electrons. The lowest BCUT2D eigenvalue weighted by Crippen LogP contribution is -2.38. The van der Waals surface area contributed by atoms with Crippen LogP contribution in [0.1, 0.15) is 45.4 Å². The first kappa shape index (κ1) is 14.1. The first-order chi connectivity index (χ1) is 10.6. The van der Waals surface area contributed by atoms with Gasteiger partial charge >= 0.3 is 0 Å². The van der Waals surface area contributed by atoms with E-state index in [0.29, 0.717) is 5.56 Å². The van der Waals surface area contributed by atoms with Crippen LogP contribution >= 0.6 is 27.3 Å². The molecule has 0 unspecified atom stereocenters. The van der Waals surface area contributed by atoms with Crippen molar-refractivity contribution in [2.75, 3.05) is 5.32 Å². The molecular weight excluding hydrogens is 364 g/mol. The number of fused-ring (bicyclic) bond motifs is 3. The molecule has 3 N–H and O–H groups in total. The smallest absolute Gasteiger partial charge is 0.256 e. The lowest BCUT2D eigenvalue weighted by Gasteiger charge is -2.27. The molecular formula is C16H15BrN2O2S. The van der Waals surface area contributed by atoms with Crippen molar-refractivity contribution in [3.8, 4) is 5.75 Å². The van der Waals surface area contributed by atoms with E-state index >= 15 is 0 Å². The predicted molar refractivity (Wildman–Crippen MR) is 90.6 cm³/mol. The van der Waals surface area contributed by atoms with Gasteiger partial charge in [-0.3, -0.25) is 4.79 Å². The monoisotopic (exact) mass is 378 g/mol. The summed E-state index contributed by atoms with van der Waals surface area (Å²) < 4.78 is 0.868. The predicted octanol–water partition coefficient (Wildman–Crippen LogP) is 3.95. The number of nitrogens with one attached hydrogen (secondary N) is 2. The molecule has 1 aliphatic heterocycles. The van der Waals surface area contributed by atoms with Crippen molar-refractivity contribution < 1.29 is 9.90 Å². The number of thiophene rings is 1. The van der Waals surface area contributed by atoms with E-state index in [-0.39, 0.29) is 11.7 Å². The summed E-state index contributed by atoms with van der Waals surface area (Å²) in [6, 6.07) is 5.23. The third-order valence-corrected chi connectivity index (χ3v) is 5.97. The second-order valence-electron chi connectivity index (χ2n) is 5.67. The Morgan fingerprint density at radius 1 is 1.23 bits per heavy atom. The van der Waals surface area contributed by atoms with E-state index in [9.17, 15) is 9.90 Å². The third-order valence-electron chi connectivity index (χ3n) is 4.25.